The third-order valence-corrected chi connectivity index (χ3v) is 13.4. The van der Waals surface area contributed by atoms with Crippen LogP contribution in [-0.2, 0) is 28.6 Å². The molecule has 0 aliphatic heterocycles. The number of ether oxygens (including phenoxy) is 3. The van der Waals surface area contributed by atoms with Crippen LogP contribution in [0, 0.1) is 0 Å². The largest absolute Gasteiger partial charge is 0.462 e. The molecule has 0 amide bonds. The Morgan fingerprint density at radius 1 is 0.273 bits per heavy atom. The van der Waals surface area contributed by atoms with Crippen molar-refractivity contribution in [2.45, 2.75) is 297 Å². The predicted molar refractivity (Wildman–Crippen MR) is 334 cm³/mol. The Morgan fingerprint density at radius 3 is 0.792 bits per heavy atom. The molecule has 0 aromatic heterocycles. The first-order valence-electron chi connectivity index (χ1n) is 32.0. The summed E-state index contributed by atoms with van der Waals surface area (Å²) >= 11 is 0. The van der Waals surface area contributed by atoms with Crippen LogP contribution in [0.15, 0.2) is 122 Å². The van der Waals surface area contributed by atoms with Crippen LogP contribution in [0.5, 0.6) is 0 Å². The van der Waals surface area contributed by atoms with Gasteiger partial charge in [-0.1, -0.05) is 258 Å². The van der Waals surface area contributed by atoms with Gasteiger partial charge < -0.3 is 14.2 Å². The van der Waals surface area contributed by atoms with Crippen LogP contribution < -0.4 is 0 Å². The monoisotopic (exact) mass is 1070 g/mol. The maximum Gasteiger partial charge on any atom is 0.306 e. The molecule has 0 radical (unpaired) electrons. The number of unbranched alkanes of at least 4 members (excludes halogenated alkanes) is 26. The first kappa shape index (κ1) is 72.8. The lowest BCUT2D eigenvalue weighted by molar-refractivity contribution is -0.167. The van der Waals surface area contributed by atoms with Crippen LogP contribution in [0.2, 0.25) is 0 Å². The van der Waals surface area contributed by atoms with Gasteiger partial charge in [-0.05, 0) is 135 Å². The van der Waals surface area contributed by atoms with Crippen LogP contribution >= 0.6 is 0 Å². The van der Waals surface area contributed by atoms with E-state index in [-0.39, 0.29) is 31.1 Å². The van der Waals surface area contributed by atoms with E-state index in [0.29, 0.717) is 19.3 Å². The maximum atomic E-state index is 12.9. The molecule has 0 saturated heterocycles. The highest BCUT2D eigenvalue weighted by molar-refractivity contribution is 5.71. The average molecular weight is 1070 g/mol. The summed E-state index contributed by atoms with van der Waals surface area (Å²) in [7, 11) is 0. The zero-order chi connectivity index (χ0) is 55.7. The fraction of sp³-hybridized carbons (Fsp3) is 0.676. The van der Waals surface area contributed by atoms with E-state index in [1.165, 1.54) is 116 Å². The molecule has 0 aromatic carbocycles. The zero-order valence-electron chi connectivity index (χ0n) is 50.2. The minimum atomic E-state index is -0.802. The predicted octanol–water partition coefficient (Wildman–Crippen LogP) is 22.0. The number of hydrogen-bond donors (Lipinski definition) is 0. The second-order valence-corrected chi connectivity index (χ2v) is 20.9. The van der Waals surface area contributed by atoms with Gasteiger partial charge in [-0.3, -0.25) is 14.4 Å². The molecule has 0 aliphatic carbocycles. The van der Waals surface area contributed by atoms with E-state index >= 15 is 0 Å². The van der Waals surface area contributed by atoms with Crippen LogP contribution in [0.4, 0.5) is 0 Å². The van der Waals surface area contributed by atoms with Crippen LogP contribution in [0.25, 0.3) is 0 Å². The smallest absolute Gasteiger partial charge is 0.306 e. The van der Waals surface area contributed by atoms with Crippen LogP contribution in [0.1, 0.15) is 290 Å². The molecular weight excluding hydrogens is 949 g/mol. The van der Waals surface area contributed by atoms with Gasteiger partial charge in [0, 0.05) is 19.3 Å². The van der Waals surface area contributed by atoms with Gasteiger partial charge in [0.1, 0.15) is 13.2 Å². The summed E-state index contributed by atoms with van der Waals surface area (Å²) in [5.41, 5.74) is 0. The van der Waals surface area contributed by atoms with Crippen molar-refractivity contribution in [3.63, 3.8) is 0 Å². The second-order valence-electron chi connectivity index (χ2n) is 20.9. The Labute approximate surface area is 475 Å². The molecule has 0 saturated carbocycles. The third-order valence-electron chi connectivity index (χ3n) is 13.4. The lowest BCUT2D eigenvalue weighted by Gasteiger charge is -2.18. The van der Waals surface area contributed by atoms with E-state index in [4.69, 9.17) is 14.2 Å². The Morgan fingerprint density at radius 2 is 0.506 bits per heavy atom. The van der Waals surface area contributed by atoms with E-state index in [1.807, 2.05) is 0 Å². The average Bonchev–Trinajstić information content (AvgIpc) is 3.43. The highest BCUT2D eigenvalue weighted by Crippen LogP contribution is 2.15. The standard InChI is InChI=1S/C71H118O6/c1-4-7-10-13-16-19-22-25-28-31-34-35-36-37-38-41-43-46-49-52-55-58-61-64-70(73)76-67-68(77-71(74)65-62-59-56-53-50-47-44-40-33-30-27-24-21-18-15-12-9-6-3)66-75-69(72)63-60-57-54-51-48-45-42-39-32-29-26-23-20-17-14-11-8-5-2/h7,10,16,19-21,23-25,28-30,32-35,37-38,43,46,68H,4-6,8-9,11-15,17-18,22,26-27,31,36,39-42,44-45,47-67H2,1-3H3/b10-7-,19-16-,23-20-,24-21-,28-25-,32-29-,33-30-,35-34-,38-37-,46-43-. The lowest BCUT2D eigenvalue weighted by Crippen LogP contribution is -2.30. The first-order valence-corrected chi connectivity index (χ1v) is 32.0. The Hall–Kier alpha value is -4.19. The minimum absolute atomic E-state index is 0.0960. The van der Waals surface area contributed by atoms with Crippen LogP contribution in [-0.4, -0.2) is 37.2 Å². The quantitative estimate of drug-likeness (QED) is 0.0261. The molecule has 0 heterocycles. The Bertz CT molecular complexity index is 1600. The van der Waals surface area contributed by atoms with Crippen molar-refractivity contribution in [1.82, 2.24) is 0 Å². The van der Waals surface area contributed by atoms with Gasteiger partial charge in [0.25, 0.3) is 0 Å². The maximum absolute atomic E-state index is 12.9. The summed E-state index contributed by atoms with van der Waals surface area (Å²) in [5, 5.41) is 0. The van der Waals surface area contributed by atoms with Gasteiger partial charge in [0.15, 0.2) is 6.10 Å². The molecule has 6 heteroatoms. The Kier molecular flexibility index (Phi) is 60.8. The van der Waals surface area contributed by atoms with Crippen molar-refractivity contribution in [3.05, 3.63) is 122 Å². The number of esters is 3. The normalized spacial score (nSPS) is 12.9. The summed E-state index contributed by atoms with van der Waals surface area (Å²) in [6.45, 7) is 6.47. The topological polar surface area (TPSA) is 78.9 Å². The number of hydrogen-bond acceptors (Lipinski definition) is 6. The molecule has 438 valence electrons. The molecule has 6 nitrogen and oxygen atoms in total. The highest BCUT2D eigenvalue weighted by atomic mass is 16.6. The molecule has 0 spiro atoms. The molecule has 0 aliphatic rings. The fourth-order valence-corrected chi connectivity index (χ4v) is 8.62. The number of allylic oxidation sites excluding steroid dienone is 20. The first-order chi connectivity index (χ1) is 38.0. The van der Waals surface area contributed by atoms with Crippen molar-refractivity contribution >= 4 is 17.9 Å². The highest BCUT2D eigenvalue weighted by Gasteiger charge is 2.19. The minimum Gasteiger partial charge on any atom is -0.462 e. The van der Waals surface area contributed by atoms with Gasteiger partial charge in [0.05, 0.1) is 0 Å². The van der Waals surface area contributed by atoms with Crippen molar-refractivity contribution in [2.24, 2.45) is 0 Å². The summed E-state index contributed by atoms with van der Waals surface area (Å²) in [5.74, 6) is -0.932. The molecule has 1 atom stereocenters. The van der Waals surface area contributed by atoms with E-state index in [1.54, 1.807) is 0 Å². The number of carbonyl (C=O) groups excluding carboxylic acids is 3. The summed E-state index contributed by atoms with van der Waals surface area (Å²) in [6, 6.07) is 0. The van der Waals surface area contributed by atoms with E-state index in [0.717, 1.165) is 135 Å². The molecule has 0 bridgehead atoms. The summed E-state index contributed by atoms with van der Waals surface area (Å²) in [6.07, 6.45) is 89.0. The van der Waals surface area contributed by atoms with Gasteiger partial charge >= 0.3 is 17.9 Å². The molecule has 0 fully saturated rings. The zero-order valence-corrected chi connectivity index (χ0v) is 50.2. The Balaban J connectivity index is 4.48. The van der Waals surface area contributed by atoms with Crippen molar-refractivity contribution in [3.8, 4) is 0 Å². The molecule has 1 unspecified atom stereocenters. The third kappa shape index (κ3) is 62.5. The fourth-order valence-electron chi connectivity index (χ4n) is 8.62. The van der Waals surface area contributed by atoms with Crippen molar-refractivity contribution in [1.29, 1.82) is 0 Å². The molecule has 0 aromatic rings. The van der Waals surface area contributed by atoms with Crippen molar-refractivity contribution in [2.75, 3.05) is 13.2 Å². The van der Waals surface area contributed by atoms with Gasteiger partial charge in [-0.25, -0.2) is 0 Å². The summed E-state index contributed by atoms with van der Waals surface area (Å²) in [4.78, 5) is 38.4. The van der Waals surface area contributed by atoms with Crippen LogP contribution in [0.3, 0.4) is 0 Å². The second kappa shape index (κ2) is 64.3. The van der Waals surface area contributed by atoms with E-state index < -0.39 is 6.10 Å². The SMILES string of the molecule is CC/C=C\C/C=C\C/C=C\C/C=C\C/C=C\C/C=C\CCCCCCC(=O)OCC(COC(=O)CCCCCCCCC/C=C\C/C=C\CCCCCC)OC(=O)CCCCCCCCC/C=C\C/C=C\CCCCCC. The van der Waals surface area contributed by atoms with Gasteiger partial charge in [0.2, 0.25) is 0 Å². The molecule has 77 heavy (non-hydrogen) atoms. The summed E-state index contributed by atoms with van der Waals surface area (Å²) < 4.78 is 16.9. The molecule has 0 rings (SSSR count). The molecule has 0 N–H and O–H groups in total. The van der Waals surface area contributed by atoms with Gasteiger partial charge in [-0.15, -0.1) is 0 Å². The number of carbonyl (C=O) groups is 3. The van der Waals surface area contributed by atoms with E-state index in [9.17, 15) is 14.4 Å². The van der Waals surface area contributed by atoms with Gasteiger partial charge in [-0.2, -0.15) is 0 Å². The number of rotatable bonds is 57. The van der Waals surface area contributed by atoms with Crippen molar-refractivity contribution < 1.29 is 28.6 Å². The lowest BCUT2D eigenvalue weighted by atomic mass is 10.1. The van der Waals surface area contributed by atoms with E-state index in [2.05, 4.69) is 142 Å². The molecular formula is C71H118O6.